The SMILES string of the molecule is CCCCCCC/C=C\C/C=C\CCCCCCCCCCCC(=O)NC(COC1OC(CO)C(O)C(O)C1O)C(O)/C=C/CC/C=C/CCCCCCCCCC. The van der Waals surface area contributed by atoms with Gasteiger partial charge < -0.3 is 40.3 Å². The molecule has 9 nitrogen and oxygen atoms in total. The second-order valence-electron chi connectivity index (χ2n) is 16.5. The highest BCUT2D eigenvalue weighted by molar-refractivity contribution is 5.76. The highest BCUT2D eigenvalue weighted by Crippen LogP contribution is 2.22. The fourth-order valence-electron chi connectivity index (χ4n) is 7.26. The average Bonchev–Trinajstić information content (AvgIpc) is 3.22. The van der Waals surface area contributed by atoms with Crippen molar-refractivity contribution in [3.8, 4) is 0 Å². The number of carbonyl (C=O) groups is 1. The molecule has 0 aliphatic carbocycles. The fraction of sp³-hybridized carbons (Fsp3) is 0.816. The van der Waals surface area contributed by atoms with Gasteiger partial charge in [-0.25, -0.2) is 0 Å². The molecule has 1 aliphatic heterocycles. The number of amides is 1. The van der Waals surface area contributed by atoms with E-state index in [2.05, 4.69) is 55.6 Å². The second kappa shape index (κ2) is 39.3. The molecule has 1 aliphatic rings. The first-order valence-electron chi connectivity index (χ1n) is 23.9. The van der Waals surface area contributed by atoms with Crippen molar-refractivity contribution >= 4 is 5.91 Å². The Bertz CT molecular complexity index is 1050. The summed E-state index contributed by atoms with van der Waals surface area (Å²) in [6, 6.07) is -0.823. The zero-order chi connectivity index (χ0) is 42.3. The molecule has 0 aromatic carbocycles. The Balaban J connectivity index is 2.34. The van der Waals surface area contributed by atoms with Crippen LogP contribution < -0.4 is 5.32 Å². The molecule has 1 saturated heterocycles. The molecule has 9 heteroatoms. The van der Waals surface area contributed by atoms with E-state index in [1.807, 2.05) is 6.08 Å². The van der Waals surface area contributed by atoms with Crippen molar-refractivity contribution < 1.29 is 39.8 Å². The summed E-state index contributed by atoms with van der Waals surface area (Å²) in [6.07, 6.45) is 43.0. The average molecular weight is 820 g/mol. The number of unbranched alkanes of at least 4 members (excludes halogenated alkanes) is 23. The van der Waals surface area contributed by atoms with Gasteiger partial charge in [-0.15, -0.1) is 0 Å². The fourth-order valence-corrected chi connectivity index (χ4v) is 7.26. The van der Waals surface area contributed by atoms with Gasteiger partial charge in [0.05, 0.1) is 25.4 Å². The molecule has 1 heterocycles. The molecule has 58 heavy (non-hydrogen) atoms. The molecular weight excluding hydrogens is 731 g/mol. The number of carbonyl (C=O) groups excluding carboxylic acids is 1. The molecule has 7 unspecified atom stereocenters. The Kier molecular flexibility index (Phi) is 36.7. The van der Waals surface area contributed by atoms with Gasteiger partial charge in [0.2, 0.25) is 5.91 Å². The van der Waals surface area contributed by atoms with Gasteiger partial charge in [0, 0.05) is 6.42 Å². The largest absolute Gasteiger partial charge is 0.394 e. The predicted octanol–water partition coefficient (Wildman–Crippen LogP) is 10.2. The molecule has 0 spiro atoms. The van der Waals surface area contributed by atoms with Gasteiger partial charge in [0.25, 0.3) is 0 Å². The maximum absolute atomic E-state index is 13.0. The Hall–Kier alpha value is -1.85. The van der Waals surface area contributed by atoms with Gasteiger partial charge in [-0.3, -0.25) is 4.79 Å². The van der Waals surface area contributed by atoms with E-state index in [0.29, 0.717) is 6.42 Å². The molecule has 338 valence electrons. The molecule has 0 saturated carbocycles. The molecule has 0 aromatic rings. The number of rotatable bonds is 39. The van der Waals surface area contributed by atoms with E-state index in [0.717, 1.165) is 51.4 Å². The van der Waals surface area contributed by atoms with Crippen LogP contribution in [-0.2, 0) is 14.3 Å². The number of nitrogens with one attached hydrogen (secondary N) is 1. The van der Waals surface area contributed by atoms with Crippen molar-refractivity contribution in [3.63, 3.8) is 0 Å². The second-order valence-corrected chi connectivity index (χ2v) is 16.5. The van der Waals surface area contributed by atoms with E-state index in [1.54, 1.807) is 6.08 Å². The lowest BCUT2D eigenvalue weighted by atomic mass is 9.99. The van der Waals surface area contributed by atoms with E-state index in [4.69, 9.17) is 9.47 Å². The van der Waals surface area contributed by atoms with Gasteiger partial charge in [-0.2, -0.15) is 0 Å². The van der Waals surface area contributed by atoms with Crippen molar-refractivity contribution in [2.24, 2.45) is 0 Å². The minimum absolute atomic E-state index is 0.193. The third kappa shape index (κ3) is 29.4. The van der Waals surface area contributed by atoms with Crippen molar-refractivity contribution in [3.05, 3.63) is 48.6 Å². The summed E-state index contributed by atoms with van der Waals surface area (Å²) in [5.74, 6) is -0.193. The standard InChI is InChI=1S/C49H89NO8/c1-3-5-7-9-11-13-15-17-19-20-21-22-23-24-25-27-29-31-33-35-37-39-45(53)50-42(41-57-49-48(56)47(55)46(54)44(40-51)58-49)43(52)38-36-34-32-30-28-26-18-16-14-12-10-8-6-4-2/h15,17,20-21,28,30,36,38,42-44,46-49,51-52,54-56H,3-14,16,18-19,22-27,29,31-35,37,39-41H2,1-2H3,(H,50,53)/b17-15-,21-20-,30-28+,38-36+. The maximum Gasteiger partial charge on any atom is 0.220 e. The van der Waals surface area contributed by atoms with Crippen LogP contribution in [0.1, 0.15) is 200 Å². The molecule has 0 bridgehead atoms. The first kappa shape index (κ1) is 54.2. The summed E-state index contributed by atoms with van der Waals surface area (Å²) < 4.78 is 11.2. The highest BCUT2D eigenvalue weighted by atomic mass is 16.7. The lowest BCUT2D eigenvalue weighted by molar-refractivity contribution is -0.302. The maximum atomic E-state index is 13.0. The van der Waals surface area contributed by atoms with Gasteiger partial charge in [-0.1, -0.05) is 178 Å². The van der Waals surface area contributed by atoms with Crippen molar-refractivity contribution in [2.45, 2.75) is 243 Å². The van der Waals surface area contributed by atoms with Crippen LogP contribution in [-0.4, -0.2) is 87.5 Å². The van der Waals surface area contributed by atoms with Gasteiger partial charge in [0.1, 0.15) is 24.4 Å². The summed E-state index contributed by atoms with van der Waals surface area (Å²) >= 11 is 0. The molecule has 6 N–H and O–H groups in total. The van der Waals surface area contributed by atoms with Crippen molar-refractivity contribution in [1.29, 1.82) is 0 Å². The zero-order valence-corrected chi connectivity index (χ0v) is 37.0. The molecule has 0 radical (unpaired) electrons. The molecule has 0 aromatic heterocycles. The monoisotopic (exact) mass is 820 g/mol. The normalized spacial score (nSPS) is 21.3. The van der Waals surface area contributed by atoms with Crippen LogP contribution in [0.3, 0.4) is 0 Å². The number of aliphatic hydroxyl groups excluding tert-OH is 5. The third-order valence-electron chi connectivity index (χ3n) is 11.1. The minimum atomic E-state index is -1.57. The van der Waals surface area contributed by atoms with Gasteiger partial charge in [0.15, 0.2) is 6.29 Å². The minimum Gasteiger partial charge on any atom is -0.394 e. The molecule has 7 atom stereocenters. The predicted molar refractivity (Wildman–Crippen MR) is 239 cm³/mol. The summed E-state index contributed by atoms with van der Waals surface area (Å²) in [7, 11) is 0. The molecule has 1 amide bonds. The van der Waals surface area contributed by atoms with Crippen LogP contribution in [0.5, 0.6) is 0 Å². The first-order chi connectivity index (χ1) is 28.3. The van der Waals surface area contributed by atoms with Crippen LogP contribution in [0.4, 0.5) is 0 Å². The Labute approximate surface area is 354 Å². The van der Waals surface area contributed by atoms with Crippen LogP contribution in [0, 0.1) is 0 Å². The third-order valence-corrected chi connectivity index (χ3v) is 11.1. The summed E-state index contributed by atoms with van der Waals surface area (Å²) in [6.45, 7) is 3.73. The van der Waals surface area contributed by atoms with E-state index in [-0.39, 0.29) is 12.5 Å². The van der Waals surface area contributed by atoms with E-state index in [1.165, 1.54) is 128 Å². The van der Waals surface area contributed by atoms with Crippen LogP contribution in [0.2, 0.25) is 0 Å². The van der Waals surface area contributed by atoms with Crippen LogP contribution in [0.25, 0.3) is 0 Å². The summed E-state index contributed by atoms with van der Waals surface area (Å²) in [5, 5.41) is 54.2. The number of aliphatic hydroxyl groups is 5. The molecular formula is C49H89NO8. The lowest BCUT2D eigenvalue weighted by Gasteiger charge is -2.40. The summed E-state index contributed by atoms with van der Waals surface area (Å²) in [5.41, 5.74) is 0. The number of ether oxygens (including phenoxy) is 2. The van der Waals surface area contributed by atoms with E-state index in [9.17, 15) is 30.3 Å². The topological polar surface area (TPSA) is 149 Å². The van der Waals surface area contributed by atoms with Crippen LogP contribution >= 0.6 is 0 Å². The number of allylic oxidation sites excluding steroid dienone is 7. The van der Waals surface area contributed by atoms with Crippen LogP contribution in [0.15, 0.2) is 48.6 Å². The molecule has 1 fully saturated rings. The number of hydrogen-bond donors (Lipinski definition) is 6. The Morgan fingerprint density at radius 1 is 0.586 bits per heavy atom. The van der Waals surface area contributed by atoms with Crippen molar-refractivity contribution in [2.75, 3.05) is 13.2 Å². The van der Waals surface area contributed by atoms with Gasteiger partial charge in [-0.05, 0) is 64.2 Å². The highest BCUT2D eigenvalue weighted by Gasteiger charge is 2.44. The van der Waals surface area contributed by atoms with E-state index >= 15 is 0 Å². The lowest BCUT2D eigenvalue weighted by Crippen LogP contribution is -2.60. The number of hydrogen-bond acceptors (Lipinski definition) is 8. The van der Waals surface area contributed by atoms with Crippen molar-refractivity contribution in [1.82, 2.24) is 5.32 Å². The van der Waals surface area contributed by atoms with Gasteiger partial charge >= 0.3 is 0 Å². The zero-order valence-electron chi connectivity index (χ0n) is 37.0. The van der Waals surface area contributed by atoms with E-state index < -0.39 is 49.5 Å². The smallest absolute Gasteiger partial charge is 0.220 e. The Morgan fingerprint density at radius 2 is 1.03 bits per heavy atom. The Morgan fingerprint density at radius 3 is 1.55 bits per heavy atom. The quantitative estimate of drug-likeness (QED) is 0.0265. The molecule has 1 rings (SSSR count). The first-order valence-corrected chi connectivity index (χ1v) is 23.9. The summed E-state index contributed by atoms with van der Waals surface area (Å²) in [4.78, 5) is 13.0.